The normalized spacial score (nSPS) is 12.8. The summed E-state index contributed by atoms with van der Waals surface area (Å²) < 4.78 is 0. The van der Waals surface area contributed by atoms with E-state index in [-0.39, 0.29) is 0 Å². The topological polar surface area (TPSA) is 20.2 Å². The lowest BCUT2D eigenvalue weighted by Gasteiger charge is -2.00. The average molecular weight is 114 g/mol. The van der Waals surface area contributed by atoms with Crippen LogP contribution in [-0.2, 0) is 0 Å². The van der Waals surface area contributed by atoms with Crippen LogP contribution in [-0.4, -0.2) is 5.11 Å². The van der Waals surface area contributed by atoms with Crippen LogP contribution in [0.1, 0.15) is 27.2 Å². The molecule has 0 spiro atoms. The van der Waals surface area contributed by atoms with E-state index in [1.807, 2.05) is 6.92 Å². The molecule has 48 valence electrons. The van der Waals surface area contributed by atoms with Crippen molar-refractivity contribution < 1.29 is 5.11 Å². The zero-order valence-electron chi connectivity index (χ0n) is 5.81. The van der Waals surface area contributed by atoms with Gasteiger partial charge in [0.15, 0.2) is 0 Å². The minimum Gasteiger partial charge on any atom is -0.513 e. The van der Waals surface area contributed by atoms with Crippen molar-refractivity contribution in [3.63, 3.8) is 0 Å². The highest BCUT2D eigenvalue weighted by atomic mass is 16.3. The molecule has 0 fully saturated rings. The molecule has 0 aliphatic heterocycles. The fourth-order valence-corrected chi connectivity index (χ4v) is 0.536. The summed E-state index contributed by atoms with van der Waals surface area (Å²) in [6.45, 7) is 6.01. The third kappa shape index (κ3) is 3.72. The molecule has 0 radical (unpaired) electrons. The Balaban J connectivity index is 3.39. The molecular weight excluding hydrogens is 100 g/mol. The number of allylic oxidation sites excluding steroid dienone is 2. The molecule has 1 nitrogen and oxygen atoms in total. The maximum Gasteiger partial charge on any atom is 0.0882 e. The minimum absolute atomic E-state index is 0.500. The van der Waals surface area contributed by atoms with Crippen LogP contribution in [0.15, 0.2) is 11.8 Å². The van der Waals surface area contributed by atoms with Crippen molar-refractivity contribution in [1.29, 1.82) is 0 Å². The zero-order valence-corrected chi connectivity index (χ0v) is 5.81. The van der Waals surface area contributed by atoms with E-state index in [4.69, 9.17) is 5.11 Å². The van der Waals surface area contributed by atoms with Gasteiger partial charge >= 0.3 is 0 Å². The highest BCUT2D eigenvalue weighted by molar-refractivity contribution is 4.87. The van der Waals surface area contributed by atoms with E-state index in [1.165, 1.54) is 0 Å². The number of hydrogen-bond donors (Lipinski definition) is 1. The lowest BCUT2D eigenvalue weighted by Crippen LogP contribution is -1.88. The molecule has 0 aromatic carbocycles. The predicted octanol–water partition coefficient (Wildman–Crippen LogP) is 2.49. The molecule has 0 aromatic rings. The van der Waals surface area contributed by atoms with Gasteiger partial charge < -0.3 is 5.11 Å². The van der Waals surface area contributed by atoms with E-state index < -0.39 is 0 Å². The molecule has 0 atom stereocenters. The van der Waals surface area contributed by atoms with E-state index in [0.29, 0.717) is 11.7 Å². The number of aliphatic hydroxyl groups excluding tert-OH is 1. The molecule has 0 rings (SSSR count). The van der Waals surface area contributed by atoms with Gasteiger partial charge in [-0.1, -0.05) is 13.8 Å². The lowest BCUT2D eigenvalue weighted by atomic mass is 10.1. The van der Waals surface area contributed by atoms with Crippen LogP contribution in [0.3, 0.4) is 0 Å². The molecule has 0 aliphatic carbocycles. The summed E-state index contributed by atoms with van der Waals surface area (Å²) in [5, 5.41) is 8.89. The van der Waals surface area contributed by atoms with Gasteiger partial charge in [-0.15, -0.1) is 0 Å². The second-order valence-electron chi connectivity index (χ2n) is 2.38. The van der Waals surface area contributed by atoms with Gasteiger partial charge in [-0.25, -0.2) is 0 Å². The summed E-state index contributed by atoms with van der Waals surface area (Å²) >= 11 is 0. The summed E-state index contributed by atoms with van der Waals surface area (Å²) in [7, 11) is 0. The Kier molecular flexibility index (Phi) is 3.33. The quantitative estimate of drug-likeness (QED) is 0.547. The Morgan fingerprint density at radius 2 is 2.12 bits per heavy atom. The van der Waals surface area contributed by atoms with E-state index >= 15 is 0 Å². The first kappa shape index (κ1) is 7.54. The van der Waals surface area contributed by atoms with Crippen molar-refractivity contribution >= 4 is 0 Å². The largest absolute Gasteiger partial charge is 0.513 e. The van der Waals surface area contributed by atoms with Crippen molar-refractivity contribution in [3.8, 4) is 0 Å². The van der Waals surface area contributed by atoms with Gasteiger partial charge in [0, 0.05) is 6.42 Å². The van der Waals surface area contributed by atoms with Gasteiger partial charge in [-0.05, 0) is 18.9 Å². The Hall–Kier alpha value is -0.460. The summed E-state index contributed by atoms with van der Waals surface area (Å²) in [6.07, 6.45) is 2.54. The molecule has 0 saturated heterocycles. The molecule has 0 saturated carbocycles. The second-order valence-corrected chi connectivity index (χ2v) is 2.38. The molecule has 0 aliphatic rings. The third-order valence-corrected chi connectivity index (χ3v) is 0.951. The molecule has 0 amide bonds. The maximum absolute atomic E-state index is 8.89. The fourth-order valence-electron chi connectivity index (χ4n) is 0.536. The lowest BCUT2D eigenvalue weighted by molar-refractivity contribution is 0.364. The Bertz CT molecular complexity index is 82.4. The predicted molar refractivity (Wildman–Crippen MR) is 35.8 cm³/mol. The average Bonchev–Trinajstić information content (AvgIpc) is 1.65. The summed E-state index contributed by atoms with van der Waals surface area (Å²) in [5.41, 5.74) is 0. The van der Waals surface area contributed by atoms with Gasteiger partial charge in [-0.3, -0.25) is 0 Å². The Morgan fingerprint density at radius 1 is 1.62 bits per heavy atom. The van der Waals surface area contributed by atoms with Crippen LogP contribution in [0.4, 0.5) is 0 Å². The van der Waals surface area contributed by atoms with Gasteiger partial charge in [0.25, 0.3) is 0 Å². The van der Waals surface area contributed by atoms with Crippen molar-refractivity contribution in [1.82, 2.24) is 0 Å². The van der Waals surface area contributed by atoms with Crippen LogP contribution in [0, 0.1) is 5.92 Å². The Labute approximate surface area is 51.0 Å². The Morgan fingerprint density at radius 3 is 2.25 bits per heavy atom. The smallest absolute Gasteiger partial charge is 0.0882 e. The van der Waals surface area contributed by atoms with Crippen molar-refractivity contribution in [2.45, 2.75) is 27.2 Å². The van der Waals surface area contributed by atoms with Crippen LogP contribution < -0.4 is 0 Å². The molecule has 0 unspecified atom stereocenters. The standard InChI is InChI=1S/C7H14O/c1-4-7(8)5-6(2)3/h4,6,8H,5H2,1-3H3. The molecule has 0 heterocycles. The first-order chi connectivity index (χ1) is 3.66. The van der Waals surface area contributed by atoms with Gasteiger partial charge in [0.05, 0.1) is 5.76 Å². The van der Waals surface area contributed by atoms with Crippen LogP contribution >= 0.6 is 0 Å². The highest BCUT2D eigenvalue weighted by Crippen LogP contribution is 2.05. The van der Waals surface area contributed by atoms with Gasteiger partial charge in [0.1, 0.15) is 0 Å². The highest BCUT2D eigenvalue weighted by Gasteiger charge is 1.94. The maximum atomic E-state index is 8.89. The molecule has 0 aromatic heterocycles. The molecule has 1 N–H and O–H groups in total. The monoisotopic (exact) mass is 114 g/mol. The fraction of sp³-hybridized carbons (Fsp3) is 0.714. The first-order valence-electron chi connectivity index (χ1n) is 3.01. The van der Waals surface area contributed by atoms with E-state index in [2.05, 4.69) is 13.8 Å². The summed E-state index contributed by atoms with van der Waals surface area (Å²) in [5.74, 6) is 1.06. The van der Waals surface area contributed by atoms with Crippen LogP contribution in [0.5, 0.6) is 0 Å². The summed E-state index contributed by atoms with van der Waals surface area (Å²) in [4.78, 5) is 0. The van der Waals surface area contributed by atoms with Crippen LogP contribution in [0.2, 0.25) is 0 Å². The molecule has 1 heteroatoms. The zero-order chi connectivity index (χ0) is 6.57. The number of hydrogen-bond acceptors (Lipinski definition) is 1. The third-order valence-electron chi connectivity index (χ3n) is 0.951. The second kappa shape index (κ2) is 3.53. The van der Waals surface area contributed by atoms with E-state index in [0.717, 1.165) is 6.42 Å². The molecule has 0 bridgehead atoms. The van der Waals surface area contributed by atoms with Crippen molar-refractivity contribution in [2.75, 3.05) is 0 Å². The van der Waals surface area contributed by atoms with Gasteiger partial charge in [0.2, 0.25) is 0 Å². The first-order valence-corrected chi connectivity index (χ1v) is 3.01. The number of rotatable bonds is 2. The number of aliphatic hydroxyl groups is 1. The molecule has 8 heavy (non-hydrogen) atoms. The molecular formula is C7H14O. The van der Waals surface area contributed by atoms with E-state index in [9.17, 15) is 0 Å². The van der Waals surface area contributed by atoms with Crippen molar-refractivity contribution in [2.24, 2.45) is 5.92 Å². The van der Waals surface area contributed by atoms with Crippen LogP contribution in [0.25, 0.3) is 0 Å². The van der Waals surface area contributed by atoms with E-state index in [1.54, 1.807) is 6.08 Å². The minimum atomic E-state index is 0.500. The SMILES string of the molecule is CC=C(O)CC(C)C. The van der Waals surface area contributed by atoms with Gasteiger partial charge in [-0.2, -0.15) is 0 Å². The van der Waals surface area contributed by atoms with Crippen molar-refractivity contribution in [3.05, 3.63) is 11.8 Å². The summed E-state index contributed by atoms with van der Waals surface area (Å²) in [6, 6.07) is 0.